The van der Waals surface area contributed by atoms with Crippen molar-refractivity contribution in [3.8, 4) is 0 Å². The van der Waals surface area contributed by atoms with E-state index in [1.807, 2.05) is 0 Å². The van der Waals surface area contributed by atoms with Gasteiger partial charge in [0.15, 0.2) is 0 Å². The fraction of sp³-hybridized carbons (Fsp3) is 0.500. The summed E-state index contributed by atoms with van der Waals surface area (Å²) in [6.07, 6.45) is -0.407. The molecule has 0 aliphatic heterocycles. The van der Waals surface area contributed by atoms with E-state index in [1.54, 1.807) is 102 Å². The molecule has 0 aromatic heterocycles. The van der Waals surface area contributed by atoms with Gasteiger partial charge in [-0.3, -0.25) is 8.37 Å². The number of hydrazine groups is 1. The van der Waals surface area contributed by atoms with Gasteiger partial charge < -0.3 is 9.47 Å². The molecule has 0 aliphatic carbocycles. The first-order valence-corrected chi connectivity index (χ1v) is 16.6. The molecule has 2 amide bonds. The molecule has 0 bridgehead atoms. The van der Waals surface area contributed by atoms with Gasteiger partial charge in [0.2, 0.25) is 0 Å². The minimum Gasteiger partial charge on any atom is -0.442 e. The predicted octanol–water partition coefficient (Wildman–Crippen LogP) is 4.81. The Morgan fingerprint density at radius 2 is 0.905 bits per heavy atom. The van der Waals surface area contributed by atoms with E-state index >= 15 is 0 Å². The highest BCUT2D eigenvalue weighted by Crippen LogP contribution is 2.34. The summed E-state index contributed by atoms with van der Waals surface area (Å²) in [5.74, 6) is 0. The van der Waals surface area contributed by atoms with Crippen molar-refractivity contribution in [3.63, 3.8) is 0 Å². The minimum absolute atomic E-state index is 0.386. The van der Waals surface area contributed by atoms with Crippen LogP contribution in [0.15, 0.2) is 60.7 Å². The summed E-state index contributed by atoms with van der Waals surface area (Å²) in [6, 6.07) is 14.0. The molecular formula is C28H40N2O10S2. The van der Waals surface area contributed by atoms with Gasteiger partial charge in [-0.05, 0) is 52.7 Å². The molecule has 0 spiro atoms. The highest BCUT2D eigenvalue weighted by atomic mass is 32.2. The van der Waals surface area contributed by atoms with Gasteiger partial charge in [0, 0.05) is 0 Å². The monoisotopic (exact) mass is 628 g/mol. The summed E-state index contributed by atoms with van der Waals surface area (Å²) < 4.78 is 70.1. The predicted molar refractivity (Wildman–Crippen MR) is 156 cm³/mol. The normalized spacial score (nSPS) is 14.0. The molecule has 14 heteroatoms. The van der Waals surface area contributed by atoms with Gasteiger partial charge in [0.25, 0.3) is 20.2 Å². The van der Waals surface area contributed by atoms with Crippen LogP contribution in [0.4, 0.5) is 9.59 Å². The first kappa shape index (κ1) is 35.0. The Labute approximate surface area is 248 Å². The summed E-state index contributed by atoms with van der Waals surface area (Å²) in [6.45, 7) is 8.48. The molecule has 234 valence electrons. The van der Waals surface area contributed by atoms with Crippen molar-refractivity contribution in [2.24, 2.45) is 0 Å². The molecule has 2 aromatic carbocycles. The first-order chi connectivity index (χ1) is 19.2. The summed E-state index contributed by atoms with van der Waals surface area (Å²) in [5, 5.41) is 1.78. The highest BCUT2D eigenvalue weighted by molar-refractivity contribution is 7.86. The van der Waals surface area contributed by atoms with Crippen molar-refractivity contribution in [2.45, 2.75) is 64.8 Å². The Balaban J connectivity index is 2.92. The van der Waals surface area contributed by atoms with Crippen LogP contribution in [0, 0.1) is 0 Å². The van der Waals surface area contributed by atoms with Gasteiger partial charge in [-0.1, -0.05) is 60.7 Å². The van der Waals surface area contributed by atoms with E-state index in [2.05, 4.69) is 0 Å². The van der Waals surface area contributed by atoms with Gasteiger partial charge in [0.05, 0.1) is 25.7 Å². The molecule has 42 heavy (non-hydrogen) atoms. The lowest BCUT2D eigenvalue weighted by atomic mass is 10.1. The average molecular weight is 629 g/mol. The van der Waals surface area contributed by atoms with E-state index in [4.69, 9.17) is 17.8 Å². The fourth-order valence-electron chi connectivity index (χ4n) is 3.69. The second-order valence-electron chi connectivity index (χ2n) is 11.5. The van der Waals surface area contributed by atoms with Crippen LogP contribution in [-0.2, 0) is 38.1 Å². The van der Waals surface area contributed by atoms with Crippen molar-refractivity contribution >= 4 is 32.4 Å². The first-order valence-electron chi connectivity index (χ1n) is 13.0. The van der Waals surface area contributed by atoms with Crippen LogP contribution < -0.4 is 0 Å². The SMILES string of the molecule is CC(C)(C)OC(=O)N([C@@H](COS(C)(=O)=O)c1ccccc1)N(C(=O)OC(C)(C)C)[C@@H](COS(C)(=O)=O)c1ccccc1. The molecule has 12 nitrogen and oxygen atoms in total. The number of hydrogen-bond acceptors (Lipinski definition) is 10. The number of nitrogens with zero attached hydrogens (tertiary/aromatic N) is 2. The van der Waals surface area contributed by atoms with Crippen LogP contribution >= 0.6 is 0 Å². The van der Waals surface area contributed by atoms with Crippen LogP contribution in [0.2, 0.25) is 0 Å². The largest absolute Gasteiger partial charge is 0.442 e. The van der Waals surface area contributed by atoms with E-state index < -0.39 is 68.9 Å². The number of benzene rings is 2. The topological polar surface area (TPSA) is 146 Å². The molecule has 2 rings (SSSR count). The lowest BCUT2D eigenvalue weighted by Gasteiger charge is -2.44. The third-order valence-corrected chi connectivity index (χ3v) is 6.36. The number of hydrogen-bond donors (Lipinski definition) is 0. The maximum Gasteiger partial charge on any atom is 0.430 e. The molecule has 0 unspecified atom stereocenters. The van der Waals surface area contributed by atoms with Crippen molar-refractivity contribution in [2.75, 3.05) is 25.7 Å². The fourth-order valence-corrected chi connectivity index (χ4v) is 4.44. The van der Waals surface area contributed by atoms with Gasteiger partial charge >= 0.3 is 12.2 Å². The Kier molecular flexibility index (Phi) is 11.5. The molecule has 0 radical (unpaired) electrons. The van der Waals surface area contributed by atoms with Crippen LogP contribution in [0.1, 0.15) is 64.8 Å². The van der Waals surface area contributed by atoms with Gasteiger partial charge in [0.1, 0.15) is 23.3 Å². The van der Waals surface area contributed by atoms with Crippen LogP contribution in [0.5, 0.6) is 0 Å². The van der Waals surface area contributed by atoms with Crippen LogP contribution in [0.25, 0.3) is 0 Å². The summed E-state index contributed by atoms with van der Waals surface area (Å²) in [5.41, 5.74) is -1.34. The van der Waals surface area contributed by atoms with Crippen LogP contribution in [-0.4, -0.2) is 76.0 Å². The Morgan fingerprint density at radius 3 is 1.14 bits per heavy atom. The number of carbonyl (C=O) groups excluding carboxylic acids is 2. The third-order valence-electron chi connectivity index (χ3n) is 5.23. The second-order valence-corrected chi connectivity index (χ2v) is 14.8. The van der Waals surface area contributed by atoms with E-state index in [9.17, 15) is 26.4 Å². The van der Waals surface area contributed by atoms with Gasteiger partial charge in [-0.25, -0.2) is 19.6 Å². The third kappa shape index (κ3) is 12.0. The maximum atomic E-state index is 14.0. The zero-order chi connectivity index (χ0) is 31.9. The summed E-state index contributed by atoms with van der Waals surface area (Å²) in [4.78, 5) is 28.1. The van der Waals surface area contributed by atoms with Crippen molar-refractivity contribution in [3.05, 3.63) is 71.8 Å². The van der Waals surface area contributed by atoms with E-state index in [-0.39, 0.29) is 0 Å². The lowest BCUT2D eigenvalue weighted by Crippen LogP contribution is -2.56. The average Bonchev–Trinajstić information content (AvgIpc) is 2.82. The van der Waals surface area contributed by atoms with E-state index in [0.29, 0.717) is 11.1 Å². The Morgan fingerprint density at radius 1 is 0.619 bits per heavy atom. The summed E-state index contributed by atoms with van der Waals surface area (Å²) in [7, 11) is -8.03. The van der Waals surface area contributed by atoms with Gasteiger partial charge in [-0.2, -0.15) is 16.8 Å². The highest BCUT2D eigenvalue weighted by Gasteiger charge is 2.43. The van der Waals surface area contributed by atoms with Crippen molar-refractivity contribution in [1.29, 1.82) is 0 Å². The molecule has 0 aliphatic rings. The molecule has 2 atom stereocenters. The number of rotatable bonds is 10. The second kappa shape index (κ2) is 13.8. The minimum atomic E-state index is -4.02. The molecule has 0 heterocycles. The van der Waals surface area contributed by atoms with E-state index in [1.165, 1.54) is 0 Å². The molecule has 0 fully saturated rings. The molecule has 0 N–H and O–H groups in total. The standard InChI is InChI=1S/C28H40N2O10S2/c1-27(2,3)39-25(31)29(23(19-37-41(7,33)34)21-15-11-9-12-16-21)30(26(32)40-28(4,5)6)24(20-38-42(8,35)36)22-17-13-10-14-18-22/h9-18,23-24H,19-20H2,1-8H3/t23-,24-/m0/s1. The molecule has 2 aromatic rings. The summed E-state index contributed by atoms with van der Waals surface area (Å²) >= 11 is 0. The molecule has 0 saturated carbocycles. The number of amides is 2. The van der Waals surface area contributed by atoms with Crippen LogP contribution in [0.3, 0.4) is 0 Å². The molecular weight excluding hydrogens is 588 g/mol. The zero-order valence-corrected chi connectivity index (χ0v) is 26.8. The van der Waals surface area contributed by atoms with E-state index in [0.717, 1.165) is 22.5 Å². The van der Waals surface area contributed by atoms with Crippen molar-refractivity contribution < 1.29 is 44.3 Å². The molecule has 0 saturated heterocycles. The van der Waals surface area contributed by atoms with Crippen molar-refractivity contribution in [1.82, 2.24) is 10.0 Å². The smallest absolute Gasteiger partial charge is 0.430 e. The Bertz CT molecular complexity index is 1290. The zero-order valence-electron chi connectivity index (χ0n) is 25.1. The number of ether oxygens (including phenoxy) is 2. The quantitative estimate of drug-likeness (QED) is 0.265. The Hall–Kier alpha value is -3.20. The lowest BCUT2D eigenvalue weighted by molar-refractivity contribution is -0.108. The maximum absolute atomic E-state index is 14.0. The number of carbonyl (C=O) groups is 2. The van der Waals surface area contributed by atoms with Gasteiger partial charge in [-0.15, -0.1) is 0 Å².